The van der Waals surface area contributed by atoms with Crippen molar-refractivity contribution in [3.8, 4) is 11.5 Å². The monoisotopic (exact) mass is 587 g/mol. The third-order valence-electron chi connectivity index (χ3n) is 6.01. The molecular formula is C35H42NO5P. The second-order valence-corrected chi connectivity index (χ2v) is 11.5. The first-order chi connectivity index (χ1) is 20.5. The van der Waals surface area contributed by atoms with E-state index in [1.54, 1.807) is 6.21 Å². The number of nitrogens with zero attached hydrogens (tertiary/aromatic N) is 1. The molecule has 0 aliphatic heterocycles. The summed E-state index contributed by atoms with van der Waals surface area (Å²) in [5.74, 6) is 1.38. The van der Waals surface area contributed by atoms with E-state index in [0.29, 0.717) is 57.1 Å². The fraction of sp³-hybridized carbons (Fsp3) is 0.286. The van der Waals surface area contributed by atoms with E-state index in [0.717, 1.165) is 22.3 Å². The molecule has 0 fully saturated rings. The fourth-order valence-electron chi connectivity index (χ4n) is 4.01. The van der Waals surface area contributed by atoms with Gasteiger partial charge in [-0.25, -0.2) is 0 Å². The summed E-state index contributed by atoms with van der Waals surface area (Å²) in [5.41, 5.74) is 4.16. The Balaban J connectivity index is 1.68. The van der Waals surface area contributed by atoms with Crippen molar-refractivity contribution < 1.29 is 23.1 Å². The van der Waals surface area contributed by atoms with Gasteiger partial charge < -0.3 is 18.5 Å². The molecule has 0 amide bonds. The lowest BCUT2D eigenvalue weighted by atomic mass is 10.1. The number of rotatable bonds is 18. The quantitative estimate of drug-likeness (QED) is 0.0643. The van der Waals surface area contributed by atoms with Gasteiger partial charge in [0.05, 0.1) is 19.4 Å². The van der Waals surface area contributed by atoms with Crippen molar-refractivity contribution >= 4 is 19.9 Å². The van der Waals surface area contributed by atoms with Gasteiger partial charge in [0, 0.05) is 12.8 Å². The van der Waals surface area contributed by atoms with Gasteiger partial charge in [-0.15, -0.1) is 0 Å². The molecule has 3 aromatic carbocycles. The second kappa shape index (κ2) is 18.7. The normalized spacial score (nSPS) is 12.5. The SMILES string of the molecule is C\C=C/C(C=Cc1ccc(OCc2ccccc2)c(OCc2ccccc2)c1)=C\C=N\CCCP(=O)(OCC)OCC. The van der Waals surface area contributed by atoms with Gasteiger partial charge in [-0.05, 0) is 67.7 Å². The standard InChI is InChI=1S/C35H42NO5P/c1-4-14-30(23-25-36-24-13-26-42(37,40-5-2)41-6-3)19-20-31-21-22-34(38-28-32-15-9-7-10-16-32)35(27-31)39-29-33-17-11-8-12-18-33/h4,7-12,14-23,25,27H,5-6,13,24,26,28-29H2,1-3H3/b14-4-,20-19?,30-23+,36-25+. The second-order valence-electron chi connectivity index (χ2n) is 9.33. The van der Waals surface area contributed by atoms with E-state index in [1.165, 1.54) is 0 Å². The number of benzene rings is 3. The van der Waals surface area contributed by atoms with Crippen LogP contribution in [0.25, 0.3) is 6.08 Å². The maximum Gasteiger partial charge on any atom is 0.330 e. The molecule has 0 spiro atoms. The Morgan fingerprint density at radius 2 is 1.43 bits per heavy atom. The van der Waals surface area contributed by atoms with Crippen LogP contribution in [0.15, 0.2) is 114 Å². The van der Waals surface area contributed by atoms with Crippen molar-refractivity contribution in [3.63, 3.8) is 0 Å². The molecule has 0 atom stereocenters. The first-order valence-corrected chi connectivity index (χ1v) is 16.1. The summed E-state index contributed by atoms with van der Waals surface area (Å²) in [7, 11) is -3.02. The minimum atomic E-state index is -3.02. The van der Waals surface area contributed by atoms with E-state index in [-0.39, 0.29) is 0 Å². The molecule has 3 rings (SSSR count). The minimum absolute atomic E-state index is 0.358. The van der Waals surface area contributed by atoms with Crippen molar-refractivity contribution in [2.75, 3.05) is 25.9 Å². The zero-order chi connectivity index (χ0) is 29.9. The number of hydrogen-bond donors (Lipinski definition) is 0. The zero-order valence-corrected chi connectivity index (χ0v) is 25.7. The summed E-state index contributed by atoms with van der Waals surface area (Å²) in [5, 5.41) is 0. The summed E-state index contributed by atoms with van der Waals surface area (Å²) < 4.78 is 35.6. The summed E-state index contributed by atoms with van der Waals surface area (Å²) in [6.45, 7) is 7.79. The van der Waals surface area contributed by atoms with Gasteiger partial charge in [-0.3, -0.25) is 9.56 Å². The molecule has 0 bridgehead atoms. The Bertz CT molecular complexity index is 1360. The van der Waals surface area contributed by atoms with Crippen LogP contribution in [0.3, 0.4) is 0 Å². The van der Waals surface area contributed by atoms with E-state index in [2.05, 4.69) is 4.99 Å². The molecule has 0 saturated carbocycles. The van der Waals surface area contributed by atoms with Crippen molar-refractivity contribution in [2.45, 2.75) is 40.4 Å². The molecule has 0 saturated heterocycles. The van der Waals surface area contributed by atoms with Crippen LogP contribution in [-0.2, 0) is 26.8 Å². The predicted molar refractivity (Wildman–Crippen MR) is 174 cm³/mol. The van der Waals surface area contributed by atoms with Crippen LogP contribution in [0.1, 0.15) is 43.9 Å². The molecule has 222 valence electrons. The molecule has 0 aliphatic carbocycles. The van der Waals surface area contributed by atoms with Gasteiger partial charge in [-0.1, -0.05) is 91.0 Å². The summed E-state index contributed by atoms with van der Waals surface area (Å²) >= 11 is 0. The third kappa shape index (κ3) is 12.0. The van der Waals surface area contributed by atoms with Crippen LogP contribution in [-0.4, -0.2) is 32.1 Å². The Morgan fingerprint density at radius 1 is 0.810 bits per heavy atom. The highest BCUT2D eigenvalue weighted by molar-refractivity contribution is 7.53. The molecule has 0 aliphatic rings. The van der Waals surface area contributed by atoms with Crippen LogP contribution in [0.2, 0.25) is 0 Å². The Hall–Kier alpha value is -3.70. The molecule has 42 heavy (non-hydrogen) atoms. The minimum Gasteiger partial charge on any atom is -0.485 e. The van der Waals surface area contributed by atoms with Crippen LogP contribution >= 0.6 is 7.60 Å². The lowest BCUT2D eigenvalue weighted by molar-refractivity contribution is 0.220. The Morgan fingerprint density at radius 3 is 2.02 bits per heavy atom. The van der Waals surface area contributed by atoms with Crippen LogP contribution < -0.4 is 9.47 Å². The molecule has 3 aromatic rings. The molecule has 7 heteroatoms. The van der Waals surface area contributed by atoms with Crippen molar-refractivity contribution in [1.29, 1.82) is 0 Å². The molecule has 0 N–H and O–H groups in total. The number of allylic oxidation sites excluding steroid dienone is 5. The average molecular weight is 588 g/mol. The van der Waals surface area contributed by atoms with Gasteiger partial charge in [0.1, 0.15) is 13.2 Å². The molecule has 0 heterocycles. The van der Waals surface area contributed by atoms with E-state index in [4.69, 9.17) is 18.5 Å². The van der Waals surface area contributed by atoms with Gasteiger partial charge >= 0.3 is 7.60 Å². The predicted octanol–water partition coefficient (Wildman–Crippen LogP) is 9.09. The Kier molecular flexibility index (Phi) is 14.6. The van der Waals surface area contributed by atoms with E-state index >= 15 is 0 Å². The van der Waals surface area contributed by atoms with Gasteiger partial charge in [0.25, 0.3) is 0 Å². The topological polar surface area (TPSA) is 66.4 Å². The molecular weight excluding hydrogens is 545 g/mol. The van der Waals surface area contributed by atoms with Crippen molar-refractivity contribution in [1.82, 2.24) is 0 Å². The average Bonchev–Trinajstić information content (AvgIpc) is 3.01. The zero-order valence-electron chi connectivity index (χ0n) is 24.9. The van der Waals surface area contributed by atoms with Gasteiger partial charge in [-0.2, -0.15) is 0 Å². The van der Waals surface area contributed by atoms with Crippen molar-refractivity contribution in [3.05, 3.63) is 125 Å². The molecule has 0 radical (unpaired) electrons. The summed E-state index contributed by atoms with van der Waals surface area (Å²) in [6, 6.07) is 26.1. The molecule has 0 aromatic heterocycles. The fourth-order valence-corrected chi connectivity index (χ4v) is 5.66. The first kappa shape index (κ1) is 32.8. The number of ether oxygens (including phenoxy) is 2. The Labute approximate surface area is 250 Å². The number of hydrogen-bond acceptors (Lipinski definition) is 6. The molecule has 0 unspecified atom stereocenters. The lowest BCUT2D eigenvalue weighted by Gasteiger charge is -2.16. The third-order valence-corrected chi connectivity index (χ3v) is 8.18. The first-order valence-electron chi connectivity index (χ1n) is 14.4. The highest BCUT2D eigenvalue weighted by atomic mass is 31.2. The van der Waals surface area contributed by atoms with E-state index in [1.807, 2.05) is 130 Å². The lowest BCUT2D eigenvalue weighted by Crippen LogP contribution is -2.01. The van der Waals surface area contributed by atoms with E-state index in [9.17, 15) is 4.57 Å². The maximum absolute atomic E-state index is 12.6. The maximum atomic E-state index is 12.6. The van der Waals surface area contributed by atoms with Crippen LogP contribution in [0.4, 0.5) is 0 Å². The van der Waals surface area contributed by atoms with Gasteiger partial charge in [0.15, 0.2) is 11.5 Å². The van der Waals surface area contributed by atoms with Gasteiger partial charge in [0.2, 0.25) is 0 Å². The highest BCUT2D eigenvalue weighted by Crippen LogP contribution is 2.48. The highest BCUT2D eigenvalue weighted by Gasteiger charge is 2.22. The summed E-state index contributed by atoms with van der Waals surface area (Å²) in [6.07, 6.45) is 12.8. The van der Waals surface area contributed by atoms with Crippen LogP contribution in [0.5, 0.6) is 11.5 Å². The summed E-state index contributed by atoms with van der Waals surface area (Å²) in [4.78, 5) is 4.46. The molecule has 6 nitrogen and oxygen atoms in total. The van der Waals surface area contributed by atoms with Crippen LogP contribution in [0, 0.1) is 0 Å². The number of aliphatic imine (C=N–C) groups is 1. The van der Waals surface area contributed by atoms with E-state index < -0.39 is 7.60 Å². The van der Waals surface area contributed by atoms with Crippen molar-refractivity contribution in [2.24, 2.45) is 4.99 Å². The largest absolute Gasteiger partial charge is 0.485 e. The smallest absolute Gasteiger partial charge is 0.330 e.